The molecule has 1 aliphatic carbocycles. The number of carbonyl (C=O) groups is 1. The predicted octanol–water partition coefficient (Wildman–Crippen LogP) is 4.02. The molecule has 0 spiro atoms. The fraction of sp³-hybridized carbons (Fsp3) is 0.462. The Balaban J connectivity index is 2.24. The Kier molecular flexibility index (Phi) is 3.11. The molecule has 0 radical (unpaired) electrons. The molecule has 0 heterocycles. The molecule has 1 aromatic rings. The minimum absolute atomic E-state index is 0.255. The molecule has 2 heteroatoms. The van der Waals surface area contributed by atoms with E-state index >= 15 is 0 Å². The molecule has 0 saturated heterocycles. The molecule has 15 heavy (non-hydrogen) atoms. The van der Waals surface area contributed by atoms with Crippen LogP contribution in [0.1, 0.15) is 41.6 Å². The van der Waals surface area contributed by atoms with E-state index in [9.17, 15) is 4.79 Å². The van der Waals surface area contributed by atoms with Crippen molar-refractivity contribution >= 4 is 17.4 Å². The van der Waals surface area contributed by atoms with E-state index in [0.717, 1.165) is 24.0 Å². The van der Waals surface area contributed by atoms with Crippen LogP contribution >= 0.6 is 11.6 Å². The molecular formula is C13H15ClO. The van der Waals surface area contributed by atoms with Crippen LogP contribution in [0.5, 0.6) is 0 Å². The van der Waals surface area contributed by atoms with E-state index in [0.29, 0.717) is 10.8 Å². The number of benzene rings is 1. The van der Waals surface area contributed by atoms with Crippen molar-refractivity contribution in [1.82, 2.24) is 0 Å². The lowest BCUT2D eigenvalue weighted by atomic mass is 9.93. The summed E-state index contributed by atoms with van der Waals surface area (Å²) in [5.41, 5.74) is 1.85. The number of ketones is 1. The monoisotopic (exact) mass is 222 g/mol. The van der Waals surface area contributed by atoms with Gasteiger partial charge in [-0.25, -0.2) is 0 Å². The molecule has 0 unspecified atom stereocenters. The highest BCUT2D eigenvalue weighted by Gasteiger charge is 2.24. The third-order valence-corrected chi connectivity index (χ3v) is 3.41. The summed E-state index contributed by atoms with van der Waals surface area (Å²) in [5, 5.41) is 0.704. The van der Waals surface area contributed by atoms with Gasteiger partial charge in [0.1, 0.15) is 0 Å². The molecule has 0 aliphatic heterocycles. The number of halogens is 1. The molecule has 1 saturated carbocycles. The topological polar surface area (TPSA) is 17.1 Å². The van der Waals surface area contributed by atoms with Gasteiger partial charge >= 0.3 is 0 Å². The van der Waals surface area contributed by atoms with E-state index in [-0.39, 0.29) is 5.92 Å². The molecule has 1 nitrogen and oxygen atoms in total. The van der Waals surface area contributed by atoms with Crippen LogP contribution in [0.15, 0.2) is 18.2 Å². The lowest BCUT2D eigenvalue weighted by molar-refractivity contribution is 0.0922. The van der Waals surface area contributed by atoms with E-state index in [1.165, 1.54) is 12.8 Å². The third-order valence-electron chi connectivity index (χ3n) is 3.18. The maximum atomic E-state index is 12.1. The minimum Gasteiger partial charge on any atom is -0.294 e. The van der Waals surface area contributed by atoms with Gasteiger partial charge in [-0.15, -0.1) is 0 Å². The van der Waals surface area contributed by atoms with Gasteiger partial charge in [-0.1, -0.05) is 24.4 Å². The Hall–Kier alpha value is -0.820. The zero-order valence-electron chi connectivity index (χ0n) is 8.92. The Morgan fingerprint density at radius 2 is 2.00 bits per heavy atom. The summed E-state index contributed by atoms with van der Waals surface area (Å²) < 4.78 is 0. The summed E-state index contributed by atoms with van der Waals surface area (Å²) in [6.07, 6.45) is 4.51. The number of aryl methyl sites for hydroxylation is 1. The van der Waals surface area contributed by atoms with Gasteiger partial charge in [0.15, 0.2) is 5.78 Å². The summed E-state index contributed by atoms with van der Waals surface area (Å²) in [6.45, 7) is 1.95. The van der Waals surface area contributed by atoms with E-state index in [2.05, 4.69) is 0 Å². The van der Waals surface area contributed by atoms with Crippen LogP contribution in [0, 0.1) is 12.8 Å². The number of hydrogen-bond donors (Lipinski definition) is 0. The first-order valence-electron chi connectivity index (χ1n) is 5.49. The molecule has 0 N–H and O–H groups in total. The van der Waals surface area contributed by atoms with Gasteiger partial charge < -0.3 is 0 Å². The molecule has 1 fully saturated rings. The van der Waals surface area contributed by atoms with E-state index in [4.69, 9.17) is 11.6 Å². The second-order valence-electron chi connectivity index (χ2n) is 4.30. The van der Waals surface area contributed by atoms with Crippen molar-refractivity contribution in [2.24, 2.45) is 5.92 Å². The second-order valence-corrected chi connectivity index (χ2v) is 4.74. The first kappa shape index (κ1) is 10.7. The Morgan fingerprint density at radius 3 is 2.60 bits per heavy atom. The van der Waals surface area contributed by atoms with Gasteiger partial charge in [-0.2, -0.15) is 0 Å². The van der Waals surface area contributed by atoms with Gasteiger partial charge in [0, 0.05) is 16.5 Å². The van der Waals surface area contributed by atoms with Crippen molar-refractivity contribution in [3.8, 4) is 0 Å². The average molecular weight is 223 g/mol. The van der Waals surface area contributed by atoms with Crippen molar-refractivity contribution in [3.05, 3.63) is 34.3 Å². The molecule has 0 atom stereocenters. The van der Waals surface area contributed by atoms with Gasteiger partial charge in [0.2, 0.25) is 0 Å². The first-order valence-corrected chi connectivity index (χ1v) is 5.86. The van der Waals surface area contributed by atoms with Crippen LogP contribution in [0.3, 0.4) is 0 Å². The summed E-state index contributed by atoms with van der Waals surface area (Å²) in [4.78, 5) is 12.1. The third kappa shape index (κ3) is 2.23. The molecule has 0 amide bonds. The molecule has 2 rings (SSSR count). The molecule has 0 aromatic heterocycles. The van der Waals surface area contributed by atoms with Crippen LogP contribution < -0.4 is 0 Å². The van der Waals surface area contributed by atoms with Crippen molar-refractivity contribution in [2.75, 3.05) is 0 Å². The fourth-order valence-electron chi connectivity index (χ4n) is 2.31. The first-order chi connectivity index (χ1) is 7.18. The maximum absolute atomic E-state index is 12.1. The van der Waals surface area contributed by atoms with Gasteiger partial charge in [-0.05, 0) is 43.5 Å². The summed E-state index contributed by atoms with van der Waals surface area (Å²) in [5.74, 6) is 0.562. The molecule has 1 aliphatic rings. The van der Waals surface area contributed by atoms with E-state index in [1.54, 1.807) is 6.07 Å². The van der Waals surface area contributed by atoms with Gasteiger partial charge in [0.25, 0.3) is 0 Å². The smallest absolute Gasteiger partial charge is 0.166 e. The quantitative estimate of drug-likeness (QED) is 0.691. The average Bonchev–Trinajstić information content (AvgIpc) is 2.69. The number of carbonyl (C=O) groups excluding carboxylic acids is 1. The van der Waals surface area contributed by atoms with E-state index in [1.807, 2.05) is 19.1 Å². The normalized spacial score (nSPS) is 16.9. The predicted molar refractivity (Wildman–Crippen MR) is 62.5 cm³/mol. The highest BCUT2D eigenvalue weighted by atomic mass is 35.5. The minimum atomic E-state index is 0.255. The number of rotatable bonds is 2. The molecule has 80 valence electrons. The maximum Gasteiger partial charge on any atom is 0.166 e. The molecule has 1 aromatic carbocycles. The zero-order chi connectivity index (χ0) is 10.8. The fourth-order valence-corrected chi connectivity index (χ4v) is 2.54. The van der Waals surface area contributed by atoms with Gasteiger partial charge in [-0.3, -0.25) is 4.79 Å². The van der Waals surface area contributed by atoms with E-state index < -0.39 is 0 Å². The molecular weight excluding hydrogens is 208 g/mol. The highest BCUT2D eigenvalue weighted by Crippen LogP contribution is 2.29. The highest BCUT2D eigenvalue weighted by molar-refractivity contribution is 6.30. The van der Waals surface area contributed by atoms with Crippen molar-refractivity contribution < 1.29 is 4.79 Å². The lowest BCUT2D eigenvalue weighted by Crippen LogP contribution is -2.12. The van der Waals surface area contributed by atoms with Crippen LogP contribution in [0.25, 0.3) is 0 Å². The Morgan fingerprint density at radius 1 is 1.33 bits per heavy atom. The van der Waals surface area contributed by atoms with Crippen molar-refractivity contribution in [2.45, 2.75) is 32.6 Å². The number of Topliss-reactive ketones (excluding diaryl/α,β-unsaturated/α-hetero) is 1. The van der Waals surface area contributed by atoms with Gasteiger partial charge in [0.05, 0.1) is 0 Å². The van der Waals surface area contributed by atoms with Crippen LogP contribution in [-0.2, 0) is 0 Å². The summed E-state index contributed by atoms with van der Waals surface area (Å²) in [6, 6.07) is 5.53. The molecule has 0 bridgehead atoms. The summed E-state index contributed by atoms with van der Waals surface area (Å²) >= 11 is 5.87. The lowest BCUT2D eigenvalue weighted by Gasteiger charge is -2.10. The Labute approximate surface area is 95.4 Å². The standard InChI is InChI=1S/C13H15ClO/c1-9-8-11(14)6-7-12(9)13(15)10-4-2-3-5-10/h6-8,10H,2-5H2,1H3. The summed E-state index contributed by atoms with van der Waals surface area (Å²) in [7, 11) is 0. The van der Waals surface area contributed by atoms with Crippen molar-refractivity contribution in [1.29, 1.82) is 0 Å². The Bertz CT molecular complexity index is 378. The largest absolute Gasteiger partial charge is 0.294 e. The van der Waals surface area contributed by atoms with Crippen LogP contribution in [-0.4, -0.2) is 5.78 Å². The second kappa shape index (κ2) is 4.36. The SMILES string of the molecule is Cc1cc(Cl)ccc1C(=O)C1CCCC1. The van der Waals surface area contributed by atoms with Crippen LogP contribution in [0.2, 0.25) is 5.02 Å². The van der Waals surface area contributed by atoms with Crippen LogP contribution in [0.4, 0.5) is 0 Å². The van der Waals surface area contributed by atoms with Crippen molar-refractivity contribution in [3.63, 3.8) is 0 Å². The number of hydrogen-bond acceptors (Lipinski definition) is 1. The zero-order valence-corrected chi connectivity index (χ0v) is 9.68.